The number of nitrogens with zero attached hydrogens (tertiary/aromatic N) is 1. The Hall–Kier alpha value is -3.87. The fraction of sp³-hybridized carbons (Fsp3) is 0.240. The molecule has 4 aromatic rings. The maximum Gasteiger partial charge on any atom is 0.254 e. The van der Waals surface area contributed by atoms with Gasteiger partial charge < -0.3 is 19.0 Å². The van der Waals surface area contributed by atoms with Gasteiger partial charge in [0, 0.05) is 36.2 Å². The third-order valence-corrected chi connectivity index (χ3v) is 5.22. The quantitative estimate of drug-likeness (QED) is 0.434. The molecule has 7 nitrogen and oxygen atoms in total. The van der Waals surface area contributed by atoms with Gasteiger partial charge in [0.05, 0.1) is 12.5 Å². The van der Waals surface area contributed by atoms with Crippen molar-refractivity contribution in [3.63, 3.8) is 0 Å². The molecule has 0 atom stereocenters. The van der Waals surface area contributed by atoms with Crippen molar-refractivity contribution >= 4 is 22.6 Å². The second-order valence-electron chi connectivity index (χ2n) is 7.85. The highest BCUT2D eigenvalue weighted by Crippen LogP contribution is 2.26. The van der Waals surface area contributed by atoms with Crippen molar-refractivity contribution < 1.29 is 18.5 Å². The summed E-state index contributed by atoms with van der Waals surface area (Å²) in [6.45, 7) is 4.26. The molecule has 0 aliphatic rings. The molecule has 0 spiro atoms. The minimum atomic E-state index is -0.203. The Morgan fingerprint density at radius 2 is 1.88 bits per heavy atom. The highest BCUT2D eigenvalue weighted by atomic mass is 16.5. The molecule has 0 unspecified atom stereocenters. The minimum Gasteiger partial charge on any atom is -0.479 e. The van der Waals surface area contributed by atoms with Crippen LogP contribution >= 0.6 is 0 Å². The first-order valence-electron chi connectivity index (χ1n) is 10.4. The molecule has 2 heterocycles. The number of nitrogens with one attached hydrogen (secondary N) is 1. The van der Waals surface area contributed by atoms with Crippen LogP contribution in [-0.4, -0.2) is 18.2 Å². The molecule has 0 radical (unpaired) electrons. The number of carbonyl (C=O) groups is 1. The van der Waals surface area contributed by atoms with Gasteiger partial charge in [-0.1, -0.05) is 38.1 Å². The molecule has 0 aliphatic heterocycles. The molecule has 1 amide bonds. The van der Waals surface area contributed by atoms with E-state index in [2.05, 4.69) is 24.3 Å². The number of aryl methyl sites for hydroxylation is 1. The largest absolute Gasteiger partial charge is 0.479 e. The predicted octanol–water partition coefficient (Wildman–Crippen LogP) is 5.15. The summed E-state index contributed by atoms with van der Waals surface area (Å²) in [4.78, 5) is 25.0. The van der Waals surface area contributed by atoms with Crippen LogP contribution in [0.3, 0.4) is 0 Å². The third-order valence-electron chi connectivity index (χ3n) is 5.22. The number of ether oxygens (including phenoxy) is 1. The molecule has 4 rings (SSSR count). The molecule has 164 valence electrons. The average molecular weight is 432 g/mol. The van der Waals surface area contributed by atoms with Gasteiger partial charge in [0.2, 0.25) is 5.91 Å². The van der Waals surface area contributed by atoms with E-state index in [1.165, 1.54) is 18.7 Å². The van der Waals surface area contributed by atoms with Crippen LogP contribution in [0.25, 0.3) is 22.3 Å². The number of benzene rings is 2. The normalized spacial score (nSPS) is 11.1. The summed E-state index contributed by atoms with van der Waals surface area (Å²) in [6.07, 6.45) is 0.590. The van der Waals surface area contributed by atoms with Crippen LogP contribution in [-0.2, 0) is 11.2 Å². The minimum absolute atomic E-state index is 0.168. The average Bonchev–Trinajstić information content (AvgIpc) is 3.26. The van der Waals surface area contributed by atoms with Crippen LogP contribution in [0.5, 0.6) is 5.88 Å². The molecule has 2 aromatic heterocycles. The van der Waals surface area contributed by atoms with Crippen LogP contribution in [0.4, 0.5) is 5.69 Å². The predicted molar refractivity (Wildman–Crippen MR) is 122 cm³/mol. The highest BCUT2D eigenvalue weighted by Gasteiger charge is 2.11. The Balaban J connectivity index is 1.49. The van der Waals surface area contributed by atoms with E-state index in [0.717, 1.165) is 5.56 Å². The standard InChI is InChI=1S/C25H24N2O5/c1-15(2)16-4-6-17(7-5-16)23-14-21(28)20-12-18(8-10-22(20)31-23)26-24(29)11-9-19-13-25(30-3)27-32-19/h4-8,10,12-15H,9,11H2,1-3H3,(H,26,29). The molecule has 0 bridgehead atoms. The number of aromatic nitrogens is 1. The molecule has 0 fully saturated rings. The van der Waals surface area contributed by atoms with Crippen molar-refractivity contribution in [1.82, 2.24) is 5.16 Å². The number of anilines is 1. The maximum atomic E-state index is 12.7. The Morgan fingerprint density at radius 1 is 1.09 bits per heavy atom. The second-order valence-corrected chi connectivity index (χ2v) is 7.85. The fourth-order valence-corrected chi connectivity index (χ4v) is 3.38. The van der Waals surface area contributed by atoms with Gasteiger partial charge in [0.25, 0.3) is 5.88 Å². The summed E-state index contributed by atoms with van der Waals surface area (Å²) in [7, 11) is 1.50. The van der Waals surface area contributed by atoms with Crippen molar-refractivity contribution in [2.75, 3.05) is 12.4 Å². The molecular weight excluding hydrogens is 408 g/mol. The lowest BCUT2D eigenvalue weighted by Gasteiger charge is -2.08. The Kier molecular flexibility index (Phi) is 6.07. The molecule has 2 aromatic carbocycles. The maximum absolute atomic E-state index is 12.7. The van der Waals surface area contributed by atoms with Crippen LogP contribution in [0.2, 0.25) is 0 Å². The van der Waals surface area contributed by atoms with E-state index in [1.807, 2.05) is 24.3 Å². The molecular formula is C25H24N2O5. The van der Waals surface area contributed by atoms with Gasteiger partial charge >= 0.3 is 0 Å². The van der Waals surface area contributed by atoms with Gasteiger partial charge in [-0.25, -0.2) is 0 Å². The fourth-order valence-electron chi connectivity index (χ4n) is 3.38. The van der Waals surface area contributed by atoms with E-state index in [1.54, 1.807) is 24.3 Å². The first kappa shape index (κ1) is 21.4. The van der Waals surface area contributed by atoms with Crippen molar-refractivity contribution in [3.05, 3.63) is 76.1 Å². The molecule has 1 N–H and O–H groups in total. The van der Waals surface area contributed by atoms with Crippen molar-refractivity contribution in [1.29, 1.82) is 0 Å². The zero-order valence-electron chi connectivity index (χ0n) is 18.2. The summed E-state index contributed by atoms with van der Waals surface area (Å²) >= 11 is 0. The summed E-state index contributed by atoms with van der Waals surface area (Å²) in [5.74, 6) is 1.67. The number of fused-ring (bicyclic) bond motifs is 1. The van der Waals surface area contributed by atoms with Gasteiger partial charge in [0.1, 0.15) is 17.1 Å². The monoisotopic (exact) mass is 432 g/mol. The van der Waals surface area contributed by atoms with E-state index in [4.69, 9.17) is 13.7 Å². The lowest BCUT2D eigenvalue weighted by Crippen LogP contribution is -2.12. The third kappa shape index (κ3) is 4.72. The lowest BCUT2D eigenvalue weighted by molar-refractivity contribution is -0.116. The van der Waals surface area contributed by atoms with Crippen LogP contribution in [0.1, 0.15) is 37.5 Å². The van der Waals surface area contributed by atoms with Crippen LogP contribution in [0.15, 0.2) is 68.3 Å². The number of methoxy groups -OCH3 is 1. The first-order valence-corrected chi connectivity index (χ1v) is 10.4. The topological polar surface area (TPSA) is 94.6 Å². The van der Waals surface area contributed by atoms with Gasteiger partial charge in [-0.2, -0.15) is 0 Å². The zero-order chi connectivity index (χ0) is 22.7. The van der Waals surface area contributed by atoms with E-state index in [9.17, 15) is 9.59 Å². The van der Waals surface area contributed by atoms with Crippen LogP contribution < -0.4 is 15.5 Å². The number of amides is 1. The van der Waals surface area contributed by atoms with Crippen molar-refractivity contribution in [3.8, 4) is 17.2 Å². The van der Waals surface area contributed by atoms with Gasteiger partial charge in [0.15, 0.2) is 5.43 Å². The molecule has 7 heteroatoms. The SMILES string of the molecule is COc1cc(CCC(=O)Nc2ccc3oc(-c4ccc(C(C)C)cc4)cc(=O)c3c2)on1. The second kappa shape index (κ2) is 9.09. The Bertz CT molecular complexity index is 1300. The van der Waals surface area contributed by atoms with Gasteiger partial charge in [-0.3, -0.25) is 9.59 Å². The van der Waals surface area contributed by atoms with Gasteiger partial charge in [-0.05, 0) is 34.8 Å². The van der Waals surface area contributed by atoms with Crippen molar-refractivity contribution in [2.24, 2.45) is 0 Å². The van der Waals surface area contributed by atoms with Gasteiger partial charge in [-0.15, -0.1) is 0 Å². The number of hydrogen-bond acceptors (Lipinski definition) is 6. The van der Waals surface area contributed by atoms with Crippen LogP contribution in [0, 0.1) is 0 Å². The van der Waals surface area contributed by atoms with Crippen molar-refractivity contribution in [2.45, 2.75) is 32.6 Å². The lowest BCUT2D eigenvalue weighted by atomic mass is 10.0. The number of rotatable bonds is 7. The van der Waals surface area contributed by atoms with E-state index in [-0.39, 0.29) is 17.8 Å². The van der Waals surface area contributed by atoms with E-state index < -0.39 is 0 Å². The number of carbonyl (C=O) groups excluding carboxylic acids is 1. The smallest absolute Gasteiger partial charge is 0.254 e. The van der Waals surface area contributed by atoms with E-state index >= 15 is 0 Å². The molecule has 0 saturated heterocycles. The number of hydrogen-bond donors (Lipinski definition) is 1. The summed E-state index contributed by atoms with van der Waals surface area (Å²) in [5, 5.41) is 6.92. The summed E-state index contributed by atoms with van der Waals surface area (Å²) in [6, 6.07) is 16.2. The first-order chi connectivity index (χ1) is 15.4. The summed E-state index contributed by atoms with van der Waals surface area (Å²) in [5.41, 5.74) is 2.89. The molecule has 0 saturated carbocycles. The molecule has 32 heavy (non-hydrogen) atoms. The Labute approximate surface area is 185 Å². The zero-order valence-corrected chi connectivity index (χ0v) is 18.2. The molecule has 0 aliphatic carbocycles. The highest BCUT2D eigenvalue weighted by molar-refractivity contribution is 5.93. The van der Waals surface area contributed by atoms with E-state index in [0.29, 0.717) is 46.4 Å². The summed E-state index contributed by atoms with van der Waals surface area (Å²) < 4.78 is 16.0. The Morgan fingerprint density at radius 3 is 2.56 bits per heavy atom.